The quantitative estimate of drug-likeness (QED) is 0.354. The van der Waals surface area contributed by atoms with E-state index in [2.05, 4.69) is 4.74 Å². The van der Waals surface area contributed by atoms with Crippen LogP contribution in [-0.4, -0.2) is 24.8 Å². The van der Waals surface area contributed by atoms with Gasteiger partial charge in [-0.2, -0.15) is 0 Å². The Bertz CT molecular complexity index is 239. The van der Waals surface area contributed by atoms with Crippen molar-refractivity contribution in [1.82, 2.24) is 0 Å². The number of rotatable bonds is 2. The van der Waals surface area contributed by atoms with Crippen molar-refractivity contribution >= 4 is 11.9 Å². The Morgan fingerprint density at radius 2 is 1.92 bits per heavy atom. The summed E-state index contributed by atoms with van der Waals surface area (Å²) in [6.45, 7) is 1.46. The summed E-state index contributed by atoms with van der Waals surface area (Å²) in [6, 6.07) is 0. The molecule has 5 nitrogen and oxygen atoms in total. The summed E-state index contributed by atoms with van der Waals surface area (Å²) in [5.74, 6) is -2.53. The van der Waals surface area contributed by atoms with Crippen molar-refractivity contribution in [2.24, 2.45) is 0 Å². The van der Waals surface area contributed by atoms with Crippen LogP contribution < -0.4 is 0 Å². The predicted molar refractivity (Wildman–Crippen MR) is 41.4 cm³/mol. The van der Waals surface area contributed by atoms with Crippen LogP contribution in [0.4, 0.5) is 0 Å². The first-order chi connectivity index (χ1) is 6.06. The van der Waals surface area contributed by atoms with E-state index in [1.807, 2.05) is 0 Å². The molecule has 0 aromatic heterocycles. The lowest BCUT2D eigenvalue weighted by atomic mass is 10.2. The second kappa shape index (κ2) is 3.47. The maximum Gasteiger partial charge on any atom is 0.320 e. The number of methoxy groups -OCH3 is 1. The van der Waals surface area contributed by atoms with Crippen LogP contribution >= 0.6 is 0 Å². The van der Waals surface area contributed by atoms with Crippen molar-refractivity contribution in [3.8, 4) is 0 Å². The summed E-state index contributed by atoms with van der Waals surface area (Å²) in [7, 11) is 1.44. The van der Waals surface area contributed by atoms with E-state index in [-0.39, 0.29) is 6.42 Å². The summed E-state index contributed by atoms with van der Waals surface area (Å²) < 4.78 is 14.2. The molecular formula is C8H10O5. The SMILES string of the molecule is COC=CC1(C)OC(=O)CC(=O)O1. The number of cyclic esters (lactones) is 2. The zero-order valence-corrected chi connectivity index (χ0v) is 7.40. The van der Waals surface area contributed by atoms with Gasteiger partial charge >= 0.3 is 11.9 Å². The Morgan fingerprint density at radius 3 is 2.38 bits per heavy atom. The number of ether oxygens (including phenoxy) is 3. The van der Waals surface area contributed by atoms with Crippen LogP contribution in [0.3, 0.4) is 0 Å². The smallest absolute Gasteiger partial charge is 0.320 e. The third-order valence-corrected chi connectivity index (χ3v) is 1.43. The molecule has 0 atom stereocenters. The lowest BCUT2D eigenvalue weighted by Crippen LogP contribution is -2.41. The second-order valence-electron chi connectivity index (χ2n) is 2.68. The molecule has 1 aliphatic heterocycles. The number of esters is 2. The molecule has 1 fully saturated rings. The van der Waals surface area contributed by atoms with E-state index >= 15 is 0 Å². The fourth-order valence-corrected chi connectivity index (χ4v) is 0.923. The van der Waals surface area contributed by atoms with Crippen LogP contribution in [0, 0.1) is 0 Å². The minimum Gasteiger partial charge on any atom is -0.504 e. The van der Waals surface area contributed by atoms with Gasteiger partial charge in [-0.3, -0.25) is 9.59 Å². The number of hydrogen-bond acceptors (Lipinski definition) is 5. The van der Waals surface area contributed by atoms with Crippen molar-refractivity contribution in [3.05, 3.63) is 12.3 Å². The van der Waals surface area contributed by atoms with E-state index in [0.717, 1.165) is 0 Å². The summed E-state index contributed by atoms with van der Waals surface area (Å²) in [5.41, 5.74) is 0. The van der Waals surface area contributed by atoms with Gasteiger partial charge in [0.05, 0.1) is 13.4 Å². The fourth-order valence-electron chi connectivity index (χ4n) is 0.923. The first-order valence-electron chi connectivity index (χ1n) is 3.70. The van der Waals surface area contributed by atoms with E-state index in [9.17, 15) is 9.59 Å². The first-order valence-corrected chi connectivity index (χ1v) is 3.70. The van der Waals surface area contributed by atoms with Crippen molar-refractivity contribution < 1.29 is 23.8 Å². The Hall–Kier alpha value is -1.52. The van der Waals surface area contributed by atoms with E-state index in [1.165, 1.54) is 26.4 Å². The van der Waals surface area contributed by atoms with E-state index < -0.39 is 17.7 Å². The zero-order chi connectivity index (χ0) is 9.90. The molecule has 13 heavy (non-hydrogen) atoms. The Kier molecular flexibility index (Phi) is 2.55. The lowest BCUT2D eigenvalue weighted by Gasteiger charge is -2.29. The molecule has 0 aliphatic carbocycles. The monoisotopic (exact) mass is 186 g/mol. The average molecular weight is 186 g/mol. The molecular weight excluding hydrogens is 176 g/mol. The molecule has 0 aromatic carbocycles. The van der Waals surface area contributed by atoms with Gasteiger partial charge in [0.25, 0.3) is 5.79 Å². The predicted octanol–water partition coefficient (Wildman–Crippen LogP) is 0.353. The van der Waals surface area contributed by atoms with Crippen LogP contribution in [-0.2, 0) is 23.8 Å². The molecule has 1 rings (SSSR count). The lowest BCUT2D eigenvalue weighted by molar-refractivity contribution is -0.221. The van der Waals surface area contributed by atoms with Crippen LogP contribution in [0.25, 0.3) is 0 Å². The van der Waals surface area contributed by atoms with Crippen molar-refractivity contribution in [2.45, 2.75) is 19.1 Å². The summed E-state index contributed by atoms with van der Waals surface area (Å²) in [4.78, 5) is 21.7. The zero-order valence-electron chi connectivity index (χ0n) is 7.40. The van der Waals surface area contributed by atoms with Gasteiger partial charge in [0.2, 0.25) is 0 Å². The summed E-state index contributed by atoms with van der Waals surface area (Å²) >= 11 is 0. The minimum absolute atomic E-state index is 0.337. The van der Waals surface area contributed by atoms with E-state index in [1.54, 1.807) is 0 Å². The number of hydrogen-bond donors (Lipinski definition) is 0. The highest BCUT2D eigenvalue weighted by atomic mass is 16.7. The topological polar surface area (TPSA) is 61.8 Å². The first kappa shape index (κ1) is 9.57. The molecule has 1 heterocycles. The maximum atomic E-state index is 10.9. The van der Waals surface area contributed by atoms with Gasteiger partial charge in [0, 0.05) is 13.0 Å². The molecule has 0 amide bonds. The Morgan fingerprint density at radius 1 is 1.38 bits per heavy atom. The highest BCUT2D eigenvalue weighted by Gasteiger charge is 2.36. The molecule has 0 saturated carbocycles. The average Bonchev–Trinajstić information content (AvgIpc) is 1.98. The van der Waals surface area contributed by atoms with Crippen molar-refractivity contribution in [2.75, 3.05) is 7.11 Å². The standard InChI is InChI=1S/C8H10O5/c1-8(3-4-11-2)12-6(9)5-7(10)13-8/h3-4H,5H2,1-2H3. The molecule has 72 valence electrons. The van der Waals surface area contributed by atoms with E-state index in [4.69, 9.17) is 9.47 Å². The molecule has 0 aromatic rings. The van der Waals surface area contributed by atoms with Gasteiger partial charge in [-0.05, 0) is 0 Å². The Labute approximate surface area is 75.3 Å². The third-order valence-electron chi connectivity index (χ3n) is 1.43. The highest BCUT2D eigenvalue weighted by Crippen LogP contribution is 2.21. The van der Waals surface area contributed by atoms with Gasteiger partial charge in [0.15, 0.2) is 0 Å². The molecule has 0 bridgehead atoms. The van der Waals surface area contributed by atoms with Gasteiger partial charge < -0.3 is 14.2 Å². The molecule has 0 N–H and O–H groups in total. The van der Waals surface area contributed by atoms with Crippen LogP contribution in [0.2, 0.25) is 0 Å². The van der Waals surface area contributed by atoms with Crippen LogP contribution in [0.5, 0.6) is 0 Å². The van der Waals surface area contributed by atoms with Crippen molar-refractivity contribution in [3.63, 3.8) is 0 Å². The maximum absolute atomic E-state index is 10.9. The largest absolute Gasteiger partial charge is 0.504 e. The van der Waals surface area contributed by atoms with Crippen molar-refractivity contribution in [1.29, 1.82) is 0 Å². The molecule has 1 saturated heterocycles. The van der Waals surface area contributed by atoms with Gasteiger partial charge in [-0.15, -0.1) is 0 Å². The minimum atomic E-state index is -1.33. The van der Waals surface area contributed by atoms with Crippen LogP contribution in [0.15, 0.2) is 12.3 Å². The third kappa shape index (κ3) is 2.47. The molecule has 0 spiro atoms. The van der Waals surface area contributed by atoms with E-state index in [0.29, 0.717) is 0 Å². The molecule has 5 heteroatoms. The van der Waals surface area contributed by atoms with Gasteiger partial charge in [-0.1, -0.05) is 0 Å². The normalized spacial score (nSPS) is 21.1. The summed E-state index contributed by atoms with van der Waals surface area (Å²) in [5, 5.41) is 0. The van der Waals surface area contributed by atoms with Gasteiger partial charge in [-0.25, -0.2) is 0 Å². The van der Waals surface area contributed by atoms with Crippen LogP contribution in [0.1, 0.15) is 13.3 Å². The number of carbonyl (C=O) groups excluding carboxylic acids is 2. The fraction of sp³-hybridized carbons (Fsp3) is 0.500. The second-order valence-corrected chi connectivity index (χ2v) is 2.68. The molecule has 0 radical (unpaired) electrons. The summed E-state index contributed by atoms with van der Waals surface area (Å²) in [6.07, 6.45) is 2.30. The molecule has 1 aliphatic rings. The van der Waals surface area contributed by atoms with Gasteiger partial charge in [0.1, 0.15) is 6.42 Å². The Balaban J connectivity index is 2.72. The molecule has 0 unspecified atom stereocenters. The number of carbonyl (C=O) groups is 2. The highest BCUT2D eigenvalue weighted by molar-refractivity contribution is 5.93.